The van der Waals surface area contributed by atoms with Gasteiger partial charge < -0.3 is 9.67 Å². The molecule has 0 spiro atoms. The SMILES string of the molecule is CCC(Sc1nnc(CO)n1C)C(=O)c1ccccc1. The Balaban J connectivity index is 2.17. The first kappa shape index (κ1) is 14.7. The molecule has 1 aromatic heterocycles. The van der Waals surface area contributed by atoms with Gasteiger partial charge in [0.05, 0.1) is 5.25 Å². The molecule has 6 heteroatoms. The summed E-state index contributed by atoms with van der Waals surface area (Å²) < 4.78 is 1.71. The number of benzene rings is 1. The summed E-state index contributed by atoms with van der Waals surface area (Å²) in [4.78, 5) is 12.4. The van der Waals surface area contributed by atoms with Gasteiger partial charge in [-0.1, -0.05) is 49.0 Å². The highest BCUT2D eigenvalue weighted by atomic mass is 32.2. The van der Waals surface area contributed by atoms with Crippen LogP contribution in [0.15, 0.2) is 35.5 Å². The van der Waals surface area contributed by atoms with Crippen LogP contribution in [0.5, 0.6) is 0 Å². The van der Waals surface area contributed by atoms with Gasteiger partial charge in [0.25, 0.3) is 0 Å². The lowest BCUT2D eigenvalue weighted by Gasteiger charge is -2.12. The van der Waals surface area contributed by atoms with E-state index in [1.807, 2.05) is 37.3 Å². The molecule has 1 heterocycles. The second-order valence-corrected chi connectivity index (χ2v) is 5.53. The van der Waals surface area contributed by atoms with E-state index in [1.54, 1.807) is 11.6 Å². The zero-order valence-corrected chi connectivity index (χ0v) is 12.3. The first-order valence-electron chi connectivity index (χ1n) is 6.42. The minimum Gasteiger partial charge on any atom is -0.388 e. The summed E-state index contributed by atoms with van der Waals surface area (Å²) in [5.41, 5.74) is 0.705. The highest BCUT2D eigenvalue weighted by Crippen LogP contribution is 2.26. The zero-order chi connectivity index (χ0) is 14.5. The van der Waals surface area contributed by atoms with Gasteiger partial charge in [-0.15, -0.1) is 10.2 Å². The molecule has 1 atom stereocenters. The summed E-state index contributed by atoms with van der Waals surface area (Å²) in [6.45, 7) is 1.81. The molecular formula is C14H17N3O2S. The first-order valence-corrected chi connectivity index (χ1v) is 7.30. The van der Waals surface area contributed by atoms with Crippen molar-refractivity contribution < 1.29 is 9.90 Å². The molecule has 0 fully saturated rings. The van der Waals surface area contributed by atoms with Gasteiger partial charge >= 0.3 is 0 Å². The van der Waals surface area contributed by atoms with Gasteiger partial charge in [-0.2, -0.15) is 0 Å². The van der Waals surface area contributed by atoms with Crippen molar-refractivity contribution >= 4 is 17.5 Å². The number of aliphatic hydroxyl groups excluding tert-OH is 1. The van der Waals surface area contributed by atoms with Gasteiger partial charge in [0.2, 0.25) is 0 Å². The van der Waals surface area contributed by atoms with Crippen molar-refractivity contribution in [3.8, 4) is 0 Å². The summed E-state index contributed by atoms with van der Waals surface area (Å²) in [7, 11) is 1.79. The number of carbonyl (C=O) groups excluding carboxylic acids is 1. The summed E-state index contributed by atoms with van der Waals surface area (Å²) in [5.74, 6) is 0.584. The van der Waals surface area contributed by atoms with Crippen LogP contribution in [-0.4, -0.2) is 30.9 Å². The molecule has 2 aromatic rings. The molecule has 20 heavy (non-hydrogen) atoms. The monoisotopic (exact) mass is 291 g/mol. The molecule has 0 aliphatic carbocycles. The van der Waals surface area contributed by atoms with Gasteiger partial charge in [0.15, 0.2) is 16.8 Å². The van der Waals surface area contributed by atoms with Crippen LogP contribution in [0, 0.1) is 0 Å². The average molecular weight is 291 g/mol. The Labute approximate surface area is 122 Å². The predicted molar refractivity (Wildman–Crippen MR) is 77.6 cm³/mol. The second-order valence-electron chi connectivity index (χ2n) is 4.36. The maximum absolute atomic E-state index is 12.4. The zero-order valence-electron chi connectivity index (χ0n) is 11.5. The topological polar surface area (TPSA) is 68.0 Å². The Morgan fingerprint density at radius 1 is 1.35 bits per heavy atom. The van der Waals surface area contributed by atoms with Crippen molar-refractivity contribution in [2.45, 2.75) is 30.4 Å². The lowest BCUT2D eigenvalue weighted by molar-refractivity contribution is 0.0988. The van der Waals surface area contributed by atoms with Crippen LogP contribution >= 0.6 is 11.8 Å². The summed E-state index contributed by atoms with van der Waals surface area (Å²) in [6, 6.07) is 9.25. The summed E-state index contributed by atoms with van der Waals surface area (Å²) in [5, 5.41) is 17.5. The minimum atomic E-state index is -0.202. The molecule has 0 aliphatic heterocycles. The summed E-state index contributed by atoms with van der Waals surface area (Å²) >= 11 is 1.38. The van der Waals surface area contributed by atoms with Crippen molar-refractivity contribution in [1.82, 2.24) is 14.8 Å². The number of thioether (sulfide) groups is 1. The third-order valence-electron chi connectivity index (χ3n) is 3.04. The number of Topliss-reactive ketones (excluding diaryl/α,β-unsaturated/α-hetero) is 1. The fourth-order valence-corrected chi connectivity index (χ4v) is 2.84. The largest absolute Gasteiger partial charge is 0.388 e. The number of carbonyl (C=O) groups is 1. The van der Waals surface area contributed by atoms with E-state index in [2.05, 4.69) is 10.2 Å². The van der Waals surface area contributed by atoms with Gasteiger partial charge in [-0.3, -0.25) is 4.79 Å². The fourth-order valence-electron chi connectivity index (χ4n) is 1.82. The number of ketones is 1. The molecule has 5 nitrogen and oxygen atoms in total. The van der Waals surface area contributed by atoms with Gasteiger partial charge in [0.1, 0.15) is 6.61 Å². The highest BCUT2D eigenvalue weighted by molar-refractivity contribution is 8.00. The minimum absolute atomic E-state index is 0.0895. The molecule has 0 bridgehead atoms. The van der Waals surface area contributed by atoms with E-state index in [0.29, 0.717) is 23.0 Å². The number of aliphatic hydroxyl groups is 1. The first-order chi connectivity index (χ1) is 9.67. The lowest BCUT2D eigenvalue weighted by Crippen LogP contribution is -2.17. The molecule has 0 aliphatic rings. The molecule has 0 saturated heterocycles. The number of aromatic nitrogens is 3. The number of hydrogen-bond acceptors (Lipinski definition) is 5. The van der Waals surface area contributed by atoms with E-state index in [0.717, 1.165) is 0 Å². The van der Waals surface area contributed by atoms with E-state index in [4.69, 9.17) is 5.11 Å². The van der Waals surface area contributed by atoms with E-state index in [9.17, 15) is 4.79 Å². The molecule has 1 unspecified atom stereocenters. The van der Waals surface area contributed by atoms with Gasteiger partial charge in [-0.05, 0) is 6.42 Å². The van der Waals surface area contributed by atoms with Crippen LogP contribution in [-0.2, 0) is 13.7 Å². The Kier molecular flexibility index (Phi) is 4.92. The number of hydrogen-bond donors (Lipinski definition) is 1. The van der Waals surface area contributed by atoms with E-state index in [-0.39, 0.29) is 17.6 Å². The van der Waals surface area contributed by atoms with E-state index < -0.39 is 0 Å². The molecule has 1 N–H and O–H groups in total. The van der Waals surface area contributed by atoms with Crippen LogP contribution < -0.4 is 0 Å². The summed E-state index contributed by atoms with van der Waals surface area (Å²) in [6.07, 6.45) is 0.708. The van der Waals surface area contributed by atoms with Crippen molar-refractivity contribution in [3.05, 3.63) is 41.7 Å². The fraction of sp³-hybridized carbons (Fsp3) is 0.357. The lowest BCUT2D eigenvalue weighted by atomic mass is 10.1. The Bertz CT molecular complexity index is 583. The van der Waals surface area contributed by atoms with Crippen molar-refractivity contribution in [1.29, 1.82) is 0 Å². The second kappa shape index (κ2) is 6.67. The van der Waals surface area contributed by atoms with Gasteiger partial charge in [0, 0.05) is 12.6 Å². The van der Waals surface area contributed by atoms with Crippen molar-refractivity contribution in [3.63, 3.8) is 0 Å². The van der Waals surface area contributed by atoms with Crippen LogP contribution in [0.2, 0.25) is 0 Å². The third-order valence-corrected chi connectivity index (χ3v) is 4.43. The molecule has 2 rings (SSSR count). The molecule has 0 saturated carbocycles. The van der Waals surface area contributed by atoms with Gasteiger partial charge in [-0.25, -0.2) is 0 Å². The molecule has 106 valence electrons. The van der Waals surface area contributed by atoms with Crippen molar-refractivity contribution in [2.24, 2.45) is 7.05 Å². The molecule has 0 amide bonds. The maximum atomic E-state index is 12.4. The number of nitrogens with zero attached hydrogens (tertiary/aromatic N) is 3. The quantitative estimate of drug-likeness (QED) is 0.652. The van der Waals surface area contributed by atoms with Crippen LogP contribution in [0.25, 0.3) is 0 Å². The molecular weight excluding hydrogens is 274 g/mol. The standard InChI is InChI=1S/C14H17N3O2S/c1-3-11(13(19)10-7-5-4-6-8-10)20-14-16-15-12(9-18)17(14)2/h4-8,11,18H,3,9H2,1-2H3. The number of rotatable bonds is 6. The Morgan fingerprint density at radius 3 is 2.60 bits per heavy atom. The van der Waals surface area contributed by atoms with E-state index in [1.165, 1.54) is 11.8 Å². The third kappa shape index (κ3) is 3.08. The maximum Gasteiger partial charge on any atom is 0.191 e. The smallest absolute Gasteiger partial charge is 0.191 e. The molecule has 0 radical (unpaired) electrons. The van der Waals surface area contributed by atoms with Crippen LogP contribution in [0.1, 0.15) is 29.5 Å². The molecule has 1 aromatic carbocycles. The Hall–Kier alpha value is -1.66. The van der Waals surface area contributed by atoms with Crippen LogP contribution in [0.3, 0.4) is 0 Å². The predicted octanol–water partition coefficient (Wildman–Crippen LogP) is 2.06. The average Bonchev–Trinajstić information content (AvgIpc) is 2.85. The van der Waals surface area contributed by atoms with E-state index >= 15 is 0 Å². The normalized spacial score (nSPS) is 12.3. The highest BCUT2D eigenvalue weighted by Gasteiger charge is 2.22. The Morgan fingerprint density at radius 2 is 2.05 bits per heavy atom. The van der Waals surface area contributed by atoms with Crippen molar-refractivity contribution in [2.75, 3.05) is 0 Å². The van der Waals surface area contributed by atoms with Crippen LogP contribution in [0.4, 0.5) is 0 Å².